The van der Waals surface area contributed by atoms with Crippen LogP contribution in [0.2, 0.25) is 0 Å². The molecule has 0 aromatic heterocycles. The van der Waals surface area contributed by atoms with Gasteiger partial charge in [-0.1, -0.05) is 6.07 Å². The van der Waals surface area contributed by atoms with Gasteiger partial charge in [0.15, 0.2) is 11.5 Å². The van der Waals surface area contributed by atoms with E-state index in [1.165, 1.54) is 30.3 Å². The molecule has 0 saturated carbocycles. The van der Waals surface area contributed by atoms with Gasteiger partial charge in [0.05, 0.1) is 10.6 Å². The first-order valence-electron chi connectivity index (χ1n) is 7.28. The van der Waals surface area contributed by atoms with E-state index in [0.29, 0.717) is 16.7 Å². The zero-order valence-corrected chi connectivity index (χ0v) is 13.7. The topological polar surface area (TPSA) is 93.1 Å². The number of carbonyl (C=O) groups is 1. The Morgan fingerprint density at radius 3 is 2.52 bits per heavy atom. The molecule has 0 unspecified atom stereocenters. The van der Waals surface area contributed by atoms with Crippen LogP contribution in [-0.2, 0) is 14.8 Å². The van der Waals surface area contributed by atoms with Gasteiger partial charge in [0.2, 0.25) is 0 Å². The predicted octanol–water partition coefficient (Wildman–Crippen LogP) is 1.88. The number of benzene rings is 2. The molecule has 0 bridgehead atoms. The molecule has 0 amide bonds. The van der Waals surface area contributed by atoms with Crippen LogP contribution < -0.4 is 13.8 Å². The Hall–Kier alpha value is -2.81. The number of carboxylic acids is 1. The molecule has 1 N–H and O–H groups in total. The van der Waals surface area contributed by atoms with E-state index < -0.39 is 28.4 Å². The Morgan fingerprint density at radius 1 is 1.12 bits per heavy atom. The molecule has 25 heavy (non-hydrogen) atoms. The van der Waals surface area contributed by atoms with Gasteiger partial charge < -0.3 is 14.6 Å². The SMILES string of the molecule is O=C(O)CN(c1cccc(F)c1)S(=O)(=O)c1ccc2c(c1)OCCO2. The second-order valence-corrected chi connectivity index (χ2v) is 7.05. The maximum atomic E-state index is 13.5. The van der Waals surface area contributed by atoms with Gasteiger partial charge in [-0.25, -0.2) is 12.8 Å². The van der Waals surface area contributed by atoms with Crippen LogP contribution >= 0.6 is 0 Å². The number of fused-ring (bicyclic) bond motifs is 1. The van der Waals surface area contributed by atoms with Crippen LogP contribution in [0.4, 0.5) is 10.1 Å². The van der Waals surface area contributed by atoms with E-state index >= 15 is 0 Å². The van der Waals surface area contributed by atoms with E-state index in [-0.39, 0.29) is 22.9 Å². The lowest BCUT2D eigenvalue weighted by atomic mass is 10.3. The average Bonchev–Trinajstić information content (AvgIpc) is 2.59. The largest absolute Gasteiger partial charge is 0.486 e. The summed E-state index contributed by atoms with van der Waals surface area (Å²) in [5, 5.41) is 9.07. The molecule has 0 aliphatic carbocycles. The van der Waals surface area contributed by atoms with Gasteiger partial charge in [-0.2, -0.15) is 0 Å². The van der Waals surface area contributed by atoms with Gasteiger partial charge >= 0.3 is 5.97 Å². The molecule has 3 rings (SSSR count). The van der Waals surface area contributed by atoms with E-state index in [2.05, 4.69) is 0 Å². The van der Waals surface area contributed by atoms with Crippen molar-refractivity contribution < 1.29 is 32.2 Å². The maximum absolute atomic E-state index is 13.5. The molecule has 7 nitrogen and oxygen atoms in total. The maximum Gasteiger partial charge on any atom is 0.324 e. The smallest absolute Gasteiger partial charge is 0.324 e. The first-order valence-corrected chi connectivity index (χ1v) is 8.72. The van der Waals surface area contributed by atoms with Gasteiger partial charge in [-0.3, -0.25) is 9.10 Å². The highest BCUT2D eigenvalue weighted by atomic mass is 32.2. The third-order valence-corrected chi connectivity index (χ3v) is 5.25. The lowest BCUT2D eigenvalue weighted by Gasteiger charge is -2.24. The van der Waals surface area contributed by atoms with E-state index in [9.17, 15) is 17.6 Å². The molecule has 0 saturated heterocycles. The number of aliphatic carboxylic acids is 1. The van der Waals surface area contributed by atoms with Crippen molar-refractivity contribution >= 4 is 21.7 Å². The molecule has 132 valence electrons. The molecular formula is C16H14FNO6S. The van der Waals surface area contributed by atoms with Gasteiger partial charge in [0, 0.05) is 6.07 Å². The lowest BCUT2D eigenvalue weighted by molar-refractivity contribution is -0.135. The number of ether oxygens (including phenoxy) is 2. The van der Waals surface area contributed by atoms with Gasteiger partial charge in [-0.15, -0.1) is 0 Å². The minimum absolute atomic E-state index is 0.0858. The highest BCUT2D eigenvalue weighted by Crippen LogP contribution is 2.34. The summed E-state index contributed by atoms with van der Waals surface area (Å²) in [7, 11) is -4.25. The van der Waals surface area contributed by atoms with Crippen LogP contribution in [0, 0.1) is 5.82 Å². The summed E-state index contributed by atoms with van der Waals surface area (Å²) in [5.41, 5.74) is -0.0858. The zero-order chi connectivity index (χ0) is 18.0. The third-order valence-electron chi connectivity index (χ3n) is 3.48. The number of hydrogen-bond acceptors (Lipinski definition) is 5. The van der Waals surface area contributed by atoms with Crippen molar-refractivity contribution in [3.8, 4) is 11.5 Å². The summed E-state index contributed by atoms with van der Waals surface area (Å²) in [6.45, 7) is -0.215. The first kappa shape index (κ1) is 17.0. The monoisotopic (exact) mass is 367 g/mol. The minimum Gasteiger partial charge on any atom is -0.486 e. The molecule has 0 radical (unpaired) electrons. The van der Waals surface area contributed by atoms with Crippen molar-refractivity contribution in [1.29, 1.82) is 0 Å². The molecule has 1 aliphatic heterocycles. The van der Waals surface area contributed by atoms with Crippen molar-refractivity contribution in [1.82, 2.24) is 0 Å². The van der Waals surface area contributed by atoms with Crippen molar-refractivity contribution in [2.75, 3.05) is 24.1 Å². The Morgan fingerprint density at radius 2 is 1.84 bits per heavy atom. The highest BCUT2D eigenvalue weighted by molar-refractivity contribution is 7.92. The summed E-state index contributed by atoms with van der Waals surface area (Å²) < 4.78 is 50.6. The van der Waals surface area contributed by atoms with E-state index in [1.807, 2.05) is 0 Å². The van der Waals surface area contributed by atoms with Crippen molar-refractivity contribution in [3.63, 3.8) is 0 Å². The molecule has 1 aliphatic rings. The number of nitrogens with zero attached hydrogens (tertiary/aromatic N) is 1. The first-order chi connectivity index (χ1) is 11.9. The fourth-order valence-electron chi connectivity index (χ4n) is 2.38. The van der Waals surface area contributed by atoms with Gasteiger partial charge in [-0.05, 0) is 30.3 Å². The Bertz CT molecular complexity index is 915. The number of carboxylic acid groups (broad SMARTS) is 1. The summed E-state index contributed by atoms with van der Waals surface area (Å²) >= 11 is 0. The fourth-order valence-corrected chi connectivity index (χ4v) is 3.80. The van der Waals surface area contributed by atoms with Crippen molar-refractivity contribution in [2.45, 2.75) is 4.90 Å². The lowest BCUT2D eigenvalue weighted by Crippen LogP contribution is -2.35. The van der Waals surface area contributed by atoms with Crippen molar-refractivity contribution in [2.24, 2.45) is 0 Å². The molecule has 0 fully saturated rings. The number of hydrogen-bond donors (Lipinski definition) is 1. The highest BCUT2D eigenvalue weighted by Gasteiger charge is 2.29. The average molecular weight is 367 g/mol. The molecule has 9 heteroatoms. The second-order valence-electron chi connectivity index (χ2n) is 5.19. The Balaban J connectivity index is 2.06. The van der Waals surface area contributed by atoms with Gasteiger partial charge in [0.1, 0.15) is 25.6 Å². The van der Waals surface area contributed by atoms with E-state index in [1.54, 1.807) is 0 Å². The standard InChI is InChI=1S/C16H14FNO6S/c17-11-2-1-3-12(8-11)18(10-16(19)20)25(21,22)13-4-5-14-15(9-13)24-7-6-23-14/h1-5,8-9H,6-7,10H2,(H,19,20). The van der Waals surface area contributed by atoms with E-state index in [4.69, 9.17) is 14.6 Å². The molecule has 0 atom stereocenters. The van der Waals surface area contributed by atoms with Crippen LogP contribution in [0.1, 0.15) is 0 Å². The number of halogens is 1. The molecule has 0 spiro atoms. The summed E-state index contributed by atoms with van der Waals surface area (Å²) in [5.74, 6) is -1.39. The molecular weight excluding hydrogens is 353 g/mol. The van der Waals surface area contributed by atoms with Crippen molar-refractivity contribution in [3.05, 3.63) is 48.3 Å². The normalized spacial score (nSPS) is 13.3. The third kappa shape index (κ3) is 3.50. The molecule has 2 aromatic carbocycles. The van der Waals surface area contributed by atoms with Crippen LogP contribution in [0.5, 0.6) is 11.5 Å². The number of anilines is 1. The minimum atomic E-state index is -4.25. The van der Waals surface area contributed by atoms with Crippen LogP contribution in [-0.4, -0.2) is 39.3 Å². The van der Waals surface area contributed by atoms with Crippen LogP contribution in [0.3, 0.4) is 0 Å². The quantitative estimate of drug-likeness (QED) is 0.867. The Labute approximate surface area is 143 Å². The second kappa shape index (κ2) is 6.60. The van der Waals surface area contributed by atoms with Crippen LogP contribution in [0.15, 0.2) is 47.4 Å². The Kier molecular flexibility index (Phi) is 4.49. The number of sulfonamides is 1. The van der Waals surface area contributed by atoms with Crippen LogP contribution in [0.25, 0.3) is 0 Å². The number of rotatable bonds is 5. The predicted molar refractivity (Wildman–Crippen MR) is 86.0 cm³/mol. The zero-order valence-electron chi connectivity index (χ0n) is 12.9. The summed E-state index contributed by atoms with van der Waals surface area (Å²) in [6, 6.07) is 8.71. The van der Waals surface area contributed by atoms with Gasteiger partial charge in [0.25, 0.3) is 10.0 Å². The fraction of sp³-hybridized carbons (Fsp3) is 0.188. The van der Waals surface area contributed by atoms with E-state index in [0.717, 1.165) is 12.1 Å². The molecule has 2 aromatic rings. The molecule has 1 heterocycles. The summed E-state index contributed by atoms with van der Waals surface area (Å²) in [6.07, 6.45) is 0. The summed E-state index contributed by atoms with van der Waals surface area (Å²) in [4.78, 5) is 11.0.